The molecule has 1 N–H and O–H groups in total. The molecule has 0 aliphatic carbocycles. The summed E-state index contributed by atoms with van der Waals surface area (Å²) in [6.07, 6.45) is 4.64. The number of thiophene rings is 2. The number of hydrogen-bond donors (Lipinski definition) is 1. The molecule has 0 radical (unpaired) electrons. The van der Waals surface area contributed by atoms with Crippen LogP contribution in [0.2, 0.25) is 0 Å². The molecular weight excluding hydrogens is 288 g/mol. The van der Waals surface area contributed by atoms with Gasteiger partial charge in [-0.25, -0.2) is 0 Å². The summed E-state index contributed by atoms with van der Waals surface area (Å²) in [4.78, 5) is 2.80. The largest absolute Gasteiger partial charge is 0.307 e. The molecule has 20 heavy (non-hydrogen) atoms. The first kappa shape index (κ1) is 13.5. The lowest BCUT2D eigenvalue weighted by atomic mass is 10.1. The topological polar surface area (TPSA) is 42.7 Å². The van der Waals surface area contributed by atoms with E-state index in [2.05, 4.69) is 50.7 Å². The van der Waals surface area contributed by atoms with Crippen LogP contribution in [0.5, 0.6) is 0 Å². The summed E-state index contributed by atoms with van der Waals surface area (Å²) in [6, 6.07) is 8.99. The summed E-state index contributed by atoms with van der Waals surface area (Å²) in [5.41, 5.74) is 0. The first-order valence-corrected chi connectivity index (χ1v) is 8.31. The molecular formula is C14H16N4S2. The van der Waals surface area contributed by atoms with Crippen LogP contribution in [-0.4, -0.2) is 21.5 Å². The SMILES string of the molecule is c1csc(CC(NCCn2ccnn2)c2cccs2)c1. The second-order valence-electron chi connectivity index (χ2n) is 4.47. The Bertz CT molecular complexity index is 587. The van der Waals surface area contributed by atoms with E-state index in [-0.39, 0.29) is 0 Å². The molecule has 0 aliphatic heterocycles. The third-order valence-corrected chi connectivity index (χ3v) is 4.96. The van der Waals surface area contributed by atoms with E-state index in [0.717, 1.165) is 19.5 Å². The van der Waals surface area contributed by atoms with Crippen LogP contribution in [-0.2, 0) is 13.0 Å². The Morgan fingerprint density at radius 1 is 1.20 bits per heavy atom. The van der Waals surface area contributed by atoms with Crippen LogP contribution in [0.15, 0.2) is 47.4 Å². The highest BCUT2D eigenvalue weighted by Gasteiger charge is 2.13. The van der Waals surface area contributed by atoms with Gasteiger partial charge in [0.15, 0.2) is 0 Å². The van der Waals surface area contributed by atoms with Gasteiger partial charge in [0.05, 0.1) is 12.7 Å². The van der Waals surface area contributed by atoms with E-state index in [4.69, 9.17) is 0 Å². The molecule has 1 unspecified atom stereocenters. The predicted octanol–water partition coefficient (Wildman–Crippen LogP) is 2.97. The van der Waals surface area contributed by atoms with E-state index in [1.54, 1.807) is 6.20 Å². The highest BCUT2D eigenvalue weighted by atomic mass is 32.1. The van der Waals surface area contributed by atoms with Gasteiger partial charge in [0.25, 0.3) is 0 Å². The molecule has 3 heterocycles. The Morgan fingerprint density at radius 2 is 2.10 bits per heavy atom. The molecule has 0 fully saturated rings. The van der Waals surface area contributed by atoms with Gasteiger partial charge in [-0.1, -0.05) is 17.3 Å². The maximum atomic E-state index is 3.98. The Morgan fingerprint density at radius 3 is 2.80 bits per heavy atom. The van der Waals surface area contributed by atoms with Crippen LogP contribution in [0, 0.1) is 0 Å². The van der Waals surface area contributed by atoms with Gasteiger partial charge in [-0.2, -0.15) is 0 Å². The van der Waals surface area contributed by atoms with Crippen molar-refractivity contribution in [2.75, 3.05) is 6.54 Å². The third-order valence-electron chi connectivity index (χ3n) is 3.08. The van der Waals surface area contributed by atoms with E-state index >= 15 is 0 Å². The summed E-state index contributed by atoms with van der Waals surface area (Å²) in [5.74, 6) is 0. The van der Waals surface area contributed by atoms with Crippen LogP contribution in [0.4, 0.5) is 0 Å². The minimum absolute atomic E-state index is 0.372. The molecule has 4 nitrogen and oxygen atoms in total. The lowest BCUT2D eigenvalue weighted by Gasteiger charge is -2.16. The molecule has 0 saturated carbocycles. The number of nitrogens with one attached hydrogen (secondary N) is 1. The third kappa shape index (κ3) is 3.53. The highest BCUT2D eigenvalue weighted by Crippen LogP contribution is 2.24. The quantitative estimate of drug-likeness (QED) is 0.730. The van der Waals surface area contributed by atoms with Crippen molar-refractivity contribution in [3.63, 3.8) is 0 Å². The summed E-state index contributed by atoms with van der Waals surface area (Å²) >= 11 is 3.62. The van der Waals surface area contributed by atoms with E-state index in [1.165, 1.54) is 9.75 Å². The average Bonchev–Trinajstić information content (AvgIpc) is 3.21. The summed E-state index contributed by atoms with van der Waals surface area (Å²) in [7, 11) is 0. The minimum Gasteiger partial charge on any atom is -0.307 e. The lowest BCUT2D eigenvalue weighted by Crippen LogP contribution is -2.26. The molecule has 0 spiro atoms. The first-order chi connectivity index (χ1) is 9.92. The fourth-order valence-electron chi connectivity index (χ4n) is 2.10. The maximum Gasteiger partial charge on any atom is 0.0692 e. The van der Waals surface area contributed by atoms with Crippen molar-refractivity contribution in [2.24, 2.45) is 0 Å². The molecule has 6 heteroatoms. The average molecular weight is 304 g/mol. The Hall–Kier alpha value is -1.50. The van der Waals surface area contributed by atoms with Crippen molar-refractivity contribution >= 4 is 22.7 Å². The molecule has 0 aromatic carbocycles. The van der Waals surface area contributed by atoms with Gasteiger partial charge < -0.3 is 5.32 Å². The minimum atomic E-state index is 0.372. The molecule has 0 amide bonds. The fraction of sp³-hybridized carbons (Fsp3) is 0.286. The molecule has 3 aromatic heterocycles. The normalized spacial score (nSPS) is 12.6. The van der Waals surface area contributed by atoms with Crippen molar-refractivity contribution in [1.29, 1.82) is 0 Å². The Kier molecular flexibility index (Phi) is 4.57. The number of rotatable bonds is 7. The van der Waals surface area contributed by atoms with Crippen LogP contribution >= 0.6 is 22.7 Å². The fourth-order valence-corrected chi connectivity index (χ4v) is 3.65. The predicted molar refractivity (Wildman–Crippen MR) is 83.1 cm³/mol. The number of hydrogen-bond acceptors (Lipinski definition) is 5. The van der Waals surface area contributed by atoms with Gasteiger partial charge in [0.2, 0.25) is 0 Å². The van der Waals surface area contributed by atoms with E-state index in [1.807, 2.05) is 33.6 Å². The zero-order valence-electron chi connectivity index (χ0n) is 11.0. The van der Waals surface area contributed by atoms with Crippen LogP contribution in [0.1, 0.15) is 15.8 Å². The van der Waals surface area contributed by atoms with Crippen LogP contribution in [0.25, 0.3) is 0 Å². The Balaban J connectivity index is 1.60. The van der Waals surface area contributed by atoms with Gasteiger partial charge in [0.1, 0.15) is 0 Å². The molecule has 0 bridgehead atoms. The molecule has 0 aliphatic rings. The molecule has 3 rings (SSSR count). The van der Waals surface area contributed by atoms with E-state index in [0.29, 0.717) is 6.04 Å². The van der Waals surface area contributed by atoms with Crippen molar-refractivity contribution in [3.05, 3.63) is 57.2 Å². The second kappa shape index (κ2) is 6.78. The van der Waals surface area contributed by atoms with Gasteiger partial charge in [0, 0.05) is 35.0 Å². The molecule has 104 valence electrons. The zero-order valence-corrected chi connectivity index (χ0v) is 12.6. The van der Waals surface area contributed by atoms with Crippen LogP contribution in [0.3, 0.4) is 0 Å². The number of aromatic nitrogens is 3. The zero-order chi connectivity index (χ0) is 13.6. The van der Waals surface area contributed by atoms with Crippen molar-refractivity contribution < 1.29 is 0 Å². The van der Waals surface area contributed by atoms with E-state index in [9.17, 15) is 0 Å². The van der Waals surface area contributed by atoms with Gasteiger partial charge in [-0.3, -0.25) is 4.68 Å². The van der Waals surface area contributed by atoms with Gasteiger partial charge in [-0.05, 0) is 22.9 Å². The first-order valence-electron chi connectivity index (χ1n) is 6.55. The monoisotopic (exact) mass is 304 g/mol. The smallest absolute Gasteiger partial charge is 0.0692 e. The van der Waals surface area contributed by atoms with Crippen molar-refractivity contribution in [3.8, 4) is 0 Å². The second-order valence-corrected chi connectivity index (χ2v) is 6.48. The summed E-state index contributed by atoms with van der Waals surface area (Å²) < 4.78 is 1.85. The maximum absolute atomic E-state index is 3.98. The highest BCUT2D eigenvalue weighted by molar-refractivity contribution is 7.10. The summed E-state index contributed by atoms with van der Waals surface area (Å²) in [5, 5.41) is 15.7. The molecule has 0 saturated heterocycles. The Labute approximate surface area is 126 Å². The van der Waals surface area contributed by atoms with Crippen molar-refractivity contribution in [2.45, 2.75) is 19.0 Å². The van der Waals surface area contributed by atoms with Crippen molar-refractivity contribution in [1.82, 2.24) is 20.3 Å². The standard InChI is InChI=1S/C14H16N4S2/c1-3-12(19-9-1)11-13(14-4-2-10-20-14)15-5-7-18-8-6-16-17-18/h1-4,6,8-10,13,15H,5,7,11H2. The van der Waals surface area contributed by atoms with Gasteiger partial charge in [-0.15, -0.1) is 27.8 Å². The summed E-state index contributed by atoms with van der Waals surface area (Å²) in [6.45, 7) is 1.73. The van der Waals surface area contributed by atoms with Crippen LogP contribution < -0.4 is 5.32 Å². The molecule has 3 aromatic rings. The van der Waals surface area contributed by atoms with E-state index < -0.39 is 0 Å². The van der Waals surface area contributed by atoms with Gasteiger partial charge >= 0.3 is 0 Å². The number of nitrogens with zero attached hydrogens (tertiary/aromatic N) is 3. The molecule has 1 atom stereocenters. The lowest BCUT2D eigenvalue weighted by molar-refractivity contribution is 0.483.